The molecule has 3 aromatic heterocycles. The van der Waals surface area contributed by atoms with Crippen LogP contribution in [0.5, 0.6) is 0 Å². The van der Waals surface area contributed by atoms with Gasteiger partial charge in [0.2, 0.25) is 0 Å². The first-order valence-corrected chi connectivity index (χ1v) is 8.22. The van der Waals surface area contributed by atoms with Crippen LogP contribution in [0, 0.1) is 0 Å². The molecule has 1 aromatic carbocycles. The number of pyridine rings is 2. The number of carbonyl (C=O) groups excluding carboxylic acids is 1. The molecule has 6 nitrogen and oxygen atoms in total. The van der Waals surface area contributed by atoms with Gasteiger partial charge in [0.05, 0.1) is 11.7 Å². The third-order valence-corrected chi connectivity index (χ3v) is 4.29. The van der Waals surface area contributed by atoms with Crippen LogP contribution < -0.4 is 5.32 Å². The quantitative estimate of drug-likeness (QED) is 0.620. The summed E-state index contributed by atoms with van der Waals surface area (Å²) in [5.74, 6) is -0.207. The molecule has 0 saturated carbocycles. The number of aryl methyl sites for hydroxylation is 1. The van der Waals surface area contributed by atoms with Gasteiger partial charge in [-0.25, -0.2) is 4.98 Å². The van der Waals surface area contributed by atoms with E-state index < -0.39 is 0 Å². The van der Waals surface area contributed by atoms with E-state index in [4.69, 9.17) is 0 Å². The molecule has 0 aliphatic heterocycles. The van der Waals surface area contributed by atoms with Crippen LogP contribution in [0.4, 0.5) is 0 Å². The van der Waals surface area contributed by atoms with Crippen LogP contribution in [0.15, 0.2) is 61.2 Å². The Morgan fingerprint density at radius 2 is 1.73 bits per heavy atom. The van der Waals surface area contributed by atoms with E-state index in [1.54, 1.807) is 30.2 Å². The first-order valence-electron chi connectivity index (χ1n) is 8.22. The number of nitrogens with zero attached hydrogens (tertiary/aromatic N) is 4. The van der Waals surface area contributed by atoms with Gasteiger partial charge in [0.1, 0.15) is 5.69 Å². The molecule has 0 bridgehead atoms. The molecule has 1 N–H and O–H groups in total. The maximum Gasteiger partial charge on any atom is 0.269 e. The third kappa shape index (κ3) is 2.82. The molecule has 0 saturated heterocycles. The monoisotopic (exact) mass is 343 g/mol. The van der Waals surface area contributed by atoms with Crippen molar-refractivity contribution in [1.29, 1.82) is 0 Å². The molecule has 0 atom stereocenters. The maximum absolute atomic E-state index is 11.9. The minimum atomic E-state index is -0.207. The van der Waals surface area contributed by atoms with Gasteiger partial charge in [-0.05, 0) is 23.3 Å². The molecule has 0 aliphatic carbocycles. The molecular formula is C20H17N5O. The SMILES string of the molecule is CNC(=O)c1ccc2cncc(-c3ccc(-c4cnn(C)c4)cc3)c2n1. The number of nitrogens with one attached hydrogen (secondary N) is 1. The Bertz CT molecular complexity index is 1100. The van der Waals surface area contributed by atoms with Crippen molar-refractivity contribution in [3.63, 3.8) is 0 Å². The molecule has 6 heteroatoms. The Balaban J connectivity index is 1.79. The number of aromatic nitrogens is 4. The third-order valence-electron chi connectivity index (χ3n) is 4.29. The predicted molar refractivity (Wildman–Crippen MR) is 101 cm³/mol. The number of amides is 1. The van der Waals surface area contributed by atoms with Gasteiger partial charge < -0.3 is 5.32 Å². The van der Waals surface area contributed by atoms with Crippen molar-refractivity contribution in [3.05, 3.63) is 66.9 Å². The van der Waals surface area contributed by atoms with Crippen molar-refractivity contribution in [2.24, 2.45) is 7.05 Å². The second-order valence-electron chi connectivity index (χ2n) is 6.01. The molecule has 0 fully saturated rings. The van der Waals surface area contributed by atoms with Crippen LogP contribution in [0.3, 0.4) is 0 Å². The fraction of sp³-hybridized carbons (Fsp3) is 0.100. The van der Waals surface area contributed by atoms with Crippen LogP contribution in [0.1, 0.15) is 10.5 Å². The molecule has 0 radical (unpaired) electrons. The lowest BCUT2D eigenvalue weighted by molar-refractivity contribution is 0.0958. The Hall–Kier alpha value is -3.54. The molecule has 0 aliphatic rings. The Morgan fingerprint density at radius 3 is 2.42 bits per heavy atom. The average Bonchev–Trinajstić information content (AvgIpc) is 3.13. The topological polar surface area (TPSA) is 72.7 Å². The van der Waals surface area contributed by atoms with Gasteiger partial charge in [-0.3, -0.25) is 14.5 Å². The van der Waals surface area contributed by atoms with E-state index in [0.717, 1.165) is 33.2 Å². The fourth-order valence-electron chi connectivity index (χ4n) is 2.92. The molecular weight excluding hydrogens is 326 g/mol. The van der Waals surface area contributed by atoms with Gasteiger partial charge in [0.25, 0.3) is 5.91 Å². The van der Waals surface area contributed by atoms with Crippen molar-refractivity contribution in [1.82, 2.24) is 25.1 Å². The van der Waals surface area contributed by atoms with E-state index in [1.165, 1.54) is 0 Å². The van der Waals surface area contributed by atoms with Gasteiger partial charge in [0.15, 0.2) is 0 Å². The maximum atomic E-state index is 11.9. The predicted octanol–water partition coefficient (Wildman–Crippen LogP) is 3.06. The number of hydrogen-bond donors (Lipinski definition) is 1. The van der Waals surface area contributed by atoms with Gasteiger partial charge in [-0.15, -0.1) is 0 Å². The number of rotatable bonds is 3. The molecule has 128 valence electrons. The van der Waals surface area contributed by atoms with Crippen LogP contribution in [0.25, 0.3) is 33.2 Å². The normalized spacial score (nSPS) is 10.8. The highest BCUT2D eigenvalue weighted by Crippen LogP contribution is 2.28. The summed E-state index contributed by atoms with van der Waals surface area (Å²) < 4.78 is 1.78. The van der Waals surface area contributed by atoms with Crippen LogP contribution in [-0.4, -0.2) is 32.7 Å². The minimum absolute atomic E-state index is 0.207. The summed E-state index contributed by atoms with van der Waals surface area (Å²) in [6.07, 6.45) is 7.35. The summed E-state index contributed by atoms with van der Waals surface area (Å²) in [4.78, 5) is 20.8. The fourth-order valence-corrected chi connectivity index (χ4v) is 2.92. The summed E-state index contributed by atoms with van der Waals surface area (Å²) in [5.41, 5.74) is 5.20. The lowest BCUT2D eigenvalue weighted by Gasteiger charge is -2.08. The second-order valence-corrected chi connectivity index (χ2v) is 6.01. The Kier molecular flexibility index (Phi) is 3.93. The molecule has 4 aromatic rings. The Labute approximate surface area is 150 Å². The summed E-state index contributed by atoms with van der Waals surface area (Å²) in [6.45, 7) is 0. The smallest absolute Gasteiger partial charge is 0.269 e. The number of hydrogen-bond acceptors (Lipinski definition) is 4. The van der Waals surface area contributed by atoms with E-state index in [1.807, 2.05) is 49.8 Å². The first kappa shape index (κ1) is 16.0. The summed E-state index contributed by atoms with van der Waals surface area (Å²) >= 11 is 0. The first-order chi connectivity index (χ1) is 12.7. The zero-order valence-corrected chi connectivity index (χ0v) is 14.5. The highest BCUT2D eigenvalue weighted by atomic mass is 16.1. The van der Waals surface area contributed by atoms with Crippen molar-refractivity contribution < 1.29 is 4.79 Å². The molecule has 1 amide bonds. The largest absolute Gasteiger partial charge is 0.354 e. The molecule has 0 spiro atoms. The van der Waals surface area contributed by atoms with Gasteiger partial charge in [0, 0.05) is 49.2 Å². The molecule has 26 heavy (non-hydrogen) atoms. The van der Waals surface area contributed by atoms with Crippen molar-refractivity contribution >= 4 is 16.8 Å². The lowest BCUT2D eigenvalue weighted by atomic mass is 10.0. The lowest BCUT2D eigenvalue weighted by Crippen LogP contribution is -2.19. The van der Waals surface area contributed by atoms with Gasteiger partial charge in [-0.2, -0.15) is 5.10 Å². The Morgan fingerprint density at radius 1 is 0.962 bits per heavy atom. The number of benzene rings is 1. The average molecular weight is 343 g/mol. The number of fused-ring (bicyclic) bond motifs is 1. The second kappa shape index (κ2) is 6.40. The summed E-state index contributed by atoms with van der Waals surface area (Å²) in [6, 6.07) is 11.7. The van der Waals surface area contributed by atoms with E-state index in [9.17, 15) is 4.79 Å². The van der Waals surface area contributed by atoms with E-state index in [-0.39, 0.29) is 5.91 Å². The standard InChI is InChI=1S/C20H17N5O/c1-21-20(26)18-8-7-15-9-22-11-17(19(15)24-18)14-5-3-13(4-6-14)16-10-23-25(2)12-16/h3-12H,1-2H3,(H,21,26). The van der Waals surface area contributed by atoms with Crippen LogP contribution in [-0.2, 0) is 7.05 Å². The minimum Gasteiger partial charge on any atom is -0.354 e. The van der Waals surface area contributed by atoms with E-state index >= 15 is 0 Å². The molecule has 0 unspecified atom stereocenters. The molecule has 4 rings (SSSR count). The van der Waals surface area contributed by atoms with E-state index in [2.05, 4.69) is 20.4 Å². The van der Waals surface area contributed by atoms with Crippen molar-refractivity contribution in [2.75, 3.05) is 7.05 Å². The van der Waals surface area contributed by atoms with Crippen molar-refractivity contribution in [2.45, 2.75) is 0 Å². The van der Waals surface area contributed by atoms with Gasteiger partial charge >= 0.3 is 0 Å². The molecule has 3 heterocycles. The van der Waals surface area contributed by atoms with Gasteiger partial charge in [-0.1, -0.05) is 24.3 Å². The highest BCUT2D eigenvalue weighted by molar-refractivity contribution is 5.98. The van der Waals surface area contributed by atoms with Crippen LogP contribution >= 0.6 is 0 Å². The zero-order chi connectivity index (χ0) is 18.1. The highest BCUT2D eigenvalue weighted by Gasteiger charge is 2.11. The summed E-state index contributed by atoms with van der Waals surface area (Å²) in [5, 5.41) is 7.71. The van der Waals surface area contributed by atoms with Crippen LogP contribution in [0.2, 0.25) is 0 Å². The van der Waals surface area contributed by atoms with Crippen molar-refractivity contribution in [3.8, 4) is 22.3 Å². The summed E-state index contributed by atoms with van der Waals surface area (Å²) in [7, 11) is 3.49. The zero-order valence-electron chi connectivity index (χ0n) is 14.5. The number of carbonyl (C=O) groups is 1. The van der Waals surface area contributed by atoms with E-state index in [0.29, 0.717) is 5.69 Å².